The summed E-state index contributed by atoms with van der Waals surface area (Å²) in [4.78, 5) is 14.8. The van der Waals surface area contributed by atoms with Crippen molar-refractivity contribution in [3.05, 3.63) is 11.1 Å². The van der Waals surface area contributed by atoms with Gasteiger partial charge in [-0.05, 0) is 31.6 Å². The third-order valence-electron chi connectivity index (χ3n) is 3.23. The van der Waals surface area contributed by atoms with Crippen molar-refractivity contribution < 1.29 is 9.90 Å². The average molecular weight is 254 g/mol. The van der Waals surface area contributed by atoms with Crippen LogP contribution in [-0.4, -0.2) is 22.1 Å². The average Bonchev–Trinajstić information content (AvgIpc) is 2.68. The third kappa shape index (κ3) is 3.70. The number of carboxylic acids is 1. The highest BCUT2D eigenvalue weighted by Gasteiger charge is 2.18. The van der Waals surface area contributed by atoms with Crippen LogP contribution in [0.4, 0.5) is 5.13 Å². The van der Waals surface area contributed by atoms with Crippen LogP contribution in [0.2, 0.25) is 0 Å². The van der Waals surface area contributed by atoms with Gasteiger partial charge in [-0.1, -0.05) is 6.92 Å². The molecule has 1 fully saturated rings. The summed E-state index contributed by atoms with van der Waals surface area (Å²) in [6.45, 7) is 2.30. The Morgan fingerprint density at radius 2 is 2.24 bits per heavy atom. The van der Waals surface area contributed by atoms with E-state index < -0.39 is 5.97 Å². The zero-order valence-electron chi connectivity index (χ0n) is 9.98. The number of hydrogen-bond donors (Lipinski definition) is 2. The molecule has 0 bridgehead atoms. The predicted molar refractivity (Wildman–Crippen MR) is 68.5 cm³/mol. The molecular weight excluding hydrogens is 236 g/mol. The van der Waals surface area contributed by atoms with Crippen molar-refractivity contribution in [2.24, 2.45) is 5.92 Å². The predicted octanol–water partition coefficient (Wildman–Crippen LogP) is 2.76. The molecule has 0 spiro atoms. The molecule has 0 aliphatic heterocycles. The van der Waals surface area contributed by atoms with Crippen molar-refractivity contribution in [2.75, 3.05) is 5.32 Å². The number of nitrogens with one attached hydrogen (secondary N) is 1. The molecule has 4 nitrogen and oxygen atoms in total. The second-order valence-electron chi connectivity index (χ2n) is 4.82. The number of aliphatic carboxylic acids is 1. The maximum Gasteiger partial charge on any atom is 0.309 e. The van der Waals surface area contributed by atoms with Gasteiger partial charge in [0.1, 0.15) is 0 Å². The van der Waals surface area contributed by atoms with Crippen LogP contribution >= 0.6 is 11.3 Å². The van der Waals surface area contributed by atoms with Gasteiger partial charge in [0.15, 0.2) is 5.13 Å². The molecule has 1 aromatic rings. The van der Waals surface area contributed by atoms with Gasteiger partial charge in [0.05, 0.1) is 12.1 Å². The normalized spacial score (nSPS) is 24.5. The molecule has 2 N–H and O–H groups in total. The lowest BCUT2D eigenvalue weighted by atomic mass is 9.87. The van der Waals surface area contributed by atoms with E-state index in [4.69, 9.17) is 5.11 Å². The van der Waals surface area contributed by atoms with Crippen LogP contribution in [-0.2, 0) is 11.2 Å². The highest BCUT2D eigenvalue weighted by molar-refractivity contribution is 7.13. The van der Waals surface area contributed by atoms with Gasteiger partial charge in [-0.15, -0.1) is 11.3 Å². The van der Waals surface area contributed by atoms with Crippen LogP contribution in [0.25, 0.3) is 0 Å². The van der Waals surface area contributed by atoms with Crippen LogP contribution < -0.4 is 5.32 Å². The van der Waals surface area contributed by atoms with E-state index in [2.05, 4.69) is 17.2 Å². The molecule has 0 amide bonds. The Balaban J connectivity index is 1.86. The van der Waals surface area contributed by atoms with Gasteiger partial charge < -0.3 is 10.4 Å². The standard InChI is InChI=1S/C12H18N2O2S/c1-8-2-4-9(5-3-8)13-12-14-10(7-17-12)6-11(15)16/h7-9H,2-6H2,1H3,(H,13,14)(H,15,16). The zero-order valence-corrected chi connectivity index (χ0v) is 10.8. The molecule has 2 rings (SSSR count). The van der Waals surface area contributed by atoms with Crippen molar-refractivity contribution in [1.29, 1.82) is 0 Å². The Morgan fingerprint density at radius 1 is 1.53 bits per heavy atom. The number of thiazole rings is 1. The van der Waals surface area contributed by atoms with Crippen molar-refractivity contribution in [1.82, 2.24) is 4.98 Å². The molecule has 0 radical (unpaired) electrons. The van der Waals surface area contributed by atoms with Crippen LogP contribution in [0.15, 0.2) is 5.38 Å². The first kappa shape index (κ1) is 12.4. The van der Waals surface area contributed by atoms with Crippen molar-refractivity contribution in [3.8, 4) is 0 Å². The number of anilines is 1. The Bertz CT molecular complexity index is 384. The Kier molecular flexibility index (Phi) is 3.99. The highest BCUT2D eigenvalue weighted by Crippen LogP contribution is 2.27. The zero-order chi connectivity index (χ0) is 12.3. The number of carbonyl (C=O) groups is 1. The minimum Gasteiger partial charge on any atom is -0.481 e. The first-order valence-electron chi connectivity index (χ1n) is 6.06. The van der Waals surface area contributed by atoms with Gasteiger partial charge in [0, 0.05) is 11.4 Å². The van der Waals surface area contributed by atoms with Gasteiger partial charge >= 0.3 is 5.97 Å². The lowest BCUT2D eigenvalue weighted by molar-refractivity contribution is -0.136. The fourth-order valence-electron chi connectivity index (χ4n) is 2.19. The maximum atomic E-state index is 10.5. The molecule has 1 heterocycles. The van der Waals surface area contributed by atoms with Crippen LogP contribution in [0.1, 0.15) is 38.3 Å². The minimum absolute atomic E-state index is 0.0138. The summed E-state index contributed by atoms with van der Waals surface area (Å²) in [5.41, 5.74) is 0.647. The fourth-order valence-corrected chi connectivity index (χ4v) is 2.98. The van der Waals surface area contributed by atoms with Gasteiger partial charge in [-0.3, -0.25) is 4.79 Å². The molecule has 0 saturated heterocycles. The SMILES string of the molecule is CC1CCC(Nc2nc(CC(=O)O)cs2)CC1. The largest absolute Gasteiger partial charge is 0.481 e. The molecule has 1 aliphatic carbocycles. The molecular formula is C12H18N2O2S. The van der Waals surface area contributed by atoms with Crippen LogP contribution in [0, 0.1) is 5.92 Å². The lowest BCUT2D eigenvalue weighted by Crippen LogP contribution is -2.25. The van der Waals surface area contributed by atoms with Gasteiger partial charge in [0.2, 0.25) is 0 Å². The van der Waals surface area contributed by atoms with E-state index in [0.29, 0.717) is 11.7 Å². The molecule has 94 valence electrons. The summed E-state index contributed by atoms with van der Waals surface area (Å²) in [5.74, 6) is 0.0141. The lowest BCUT2D eigenvalue weighted by Gasteiger charge is -2.26. The second-order valence-corrected chi connectivity index (χ2v) is 5.67. The Morgan fingerprint density at radius 3 is 2.88 bits per heavy atom. The minimum atomic E-state index is -0.826. The Hall–Kier alpha value is -1.10. The molecule has 1 saturated carbocycles. The molecule has 5 heteroatoms. The van der Waals surface area contributed by atoms with Crippen molar-refractivity contribution in [2.45, 2.75) is 45.1 Å². The van der Waals surface area contributed by atoms with E-state index in [1.165, 1.54) is 37.0 Å². The van der Waals surface area contributed by atoms with E-state index in [0.717, 1.165) is 11.0 Å². The van der Waals surface area contributed by atoms with E-state index >= 15 is 0 Å². The number of hydrogen-bond acceptors (Lipinski definition) is 4. The topological polar surface area (TPSA) is 62.2 Å². The van der Waals surface area contributed by atoms with E-state index in [9.17, 15) is 4.79 Å². The first-order chi connectivity index (χ1) is 8.13. The number of nitrogens with zero attached hydrogens (tertiary/aromatic N) is 1. The van der Waals surface area contributed by atoms with E-state index in [1.807, 2.05) is 5.38 Å². The quantitative estimate of drug-likeness (QED) is 0.867. The summed E-state index contributed by atoms with van der Waals surface area (Å²) in [6.07, 6.45) is 4.93. The fraction of sp³-hybridized carbons (Fsp3) is 0.667. The van der Waals surface area contributed by atoms with Crippen molar-refractivity contribution in [3.63, 3.8) is 0 Å². The molecule has 0 atom stereocenters. The molecule has 1 aromatic heterocycles. The van der Waals surface area contributed by atoms with Gasteiger partial charge in [-0.25, -0.2) is 4.98 Å². The van der Waals surface area contributed by atoms with E-state index in [-0.39, 0.29) is 6.42 Å². The third-order valence-corrected chi connectivity index (χ3v) is 4.05. The van der Waals surface area contributed by atoms with Crippen LogP contribution in [0.5, 0.6) is 0 Å². The summed E-state index contributed by atoms with van der Waals surface area (Å²) in [7, 11) is 0. The van der Waals surface area contributed by atoms with Gasteiger partial charge in [0.25, 0.3) is 0 Å². The second kappa shape index (κ2) is 5.49. The monoisotopic (exact) mass is 254 g/mol. The van der Waals surface area contributed by atoms with E-state index in [1.54, 1.807) is 0 Å². The molecule has 1 aliphatic rings. The molecule has 0 unspecified atom stereocenters. The number of rotatable bonds is 4. The maximum absolute atomic E-state index is 10.5. The summed E-state index contributed by atoms with van der Waals surface area (Å²) in [5, 5.41) is 14.8. The highest BCUT2D eigenvalue weighted by atomic mass is 32.1. The van der Waals surface area contributed by atoms with Crippen molar-refractivity contribution >= 4 is 22.4 Å². The number of carboxylic acid groups (broad SMARTS) is 1. The molecule has 0 aromatic carbocycles. The first-order valence-corrected chi connectivity index (χ1v) is 6.94. The summed E-state index contributed by atoms with van der Waals surface area (Å²) in [6, 6.07) is 0.509. The Labute approximate surface area is 105 Å². The summed E-state index contributed by atoms with van der Waals surface area (Å²) >= 11 is 1.50. The molecule has 17 heavy (non-hydrogen) atoms. The number of aromatic nitrogens is 1. The van der Waals surface area contributed by atoms with Crippen LogP contribution in [0.3, 0.4) is 0 Å². The van der Waals surface area contributed by atoms with Gasteiger partial charge in [-0.2, -0.15) is 0 Å². The summed E-state index contributed by atoms with van der Waals surface area (Å²) < 4.78 is 0. The smallest absolute Gasteiger partial charge is 0.309 e.